The van der Waals surface area contributed by atoms with E-state index in [2.05, 4.69) is 21.3 Å². The third-order valence-corrected chi connectivity index (χ3v) is 5.78. The van der Waals surface area contributed by atoms with E-state index >= 15 is 0 Å². The number of nitriles is 1. The zero-order chi connectivity index (χ0) is 25.4. The number of nitrogens with zero attached hydrogens (tertiary/aromatic N) is 1. The van der Waals surface area contributed by atoms with Gasteiger partial charge in [0.2, 0.25) is 17.7 Å². The average Bonchev–Trinajstić information content (AvgIpc) is 3.02. The predicted octanol–water partition coefficient (Wildman–Crippen LogP) is 2.15. The van der Waals surface area contributed by atoms with Crippen LogP contribution in [0.15, 0.2) is 0 Å². The molecule has 4 N–H and O–H groups in total. The number of carbonyl (C=O) groups excluding carboxylic acids is 3. The van der Waals surface area contributed by atoms with Crippen molar-refractivity contribution in [2.75, 3.05) is 13.1 Å². The molecule has 1 heterocycles. The molecule has 0 aromatic carbocycles. The zero-order valence-electron chi connectivity index (χ0n) is 20.0. The van der Waals surface area contributed by atoms with Gasteiger partial charge in [0.05, 0.1) is 25.2 Å². The van der Waals surface area contributed by atoms with Crippen molar-refractivity contribution in [2.45, 2.75) is 90.5 Å². The Morgan fingerprint density at radius 3 is 2.27 bits per heavy atom. The van der Waals surface area contributed by atoms with Gasteiger partial charge < -0.3 is 16.0 Å². The Hall–Kier alpha value is -2.35. The fourth-order valence-electron chi connectivity index (χ4n) is 4.06. The standard InChI is InChI=1S/C20H30F3N5O3.C2H6/c1-18(2,3)15(26-11-20(21,22)23)17(31)25-10-14(29)27-13(9-24)7-12-8-19(5-4-6-19)28-16(12)30;1-2/h12-13,15,26H,4-8,10-11H2,1-3H3,(H,25,31)(H,27,29)(H,28,30);1-2H3. The molecule has 0 aromatic heterocycles. The highest BCUT2D eigenvalue weighted by atomic mass is 19.4. The van der Waals surface area contributed by atoms with Crippen LogP contribution in [0.3, 0.4) is 0 Å². The van der Waals surface area contributed by atoms with Gasteiger partial charge in [0, 0.05) is 11.5 Å². The highest BCUT2D eigenvalue weighted by Gasteiger charge is 2.48. The van der Waals surface area contributed by atoms with Crippen molar-refractivity contribution in [3.05, 3.63) is 0 Å². The van der Waals surface area contributed by atoms with E-state index in [1.165, 1.54) is 0 Å². The Bertz CT molecular complexity index is 739. The minimum atomic E-state index is -4.48. The fraction of sp³-hybridized carbons (Fsp3) is 0.818. The topological polar surface area (TPSA) is 123 Å². The van der Waals surface area contributed by atoms with Crippen molar-refractivity contribution in [3.8, 4) is 6.07 Å². The number of hydrogen-bond acceptors (Lipinski definition) is 5. The van der Waals surface area contributed by atoms with Gasteiger partial charge in [0.1, 0.15) is 6.04 Å². The molecule has 2 rings (SSSR count). The monoisotopic (exact) mass is 475 g/mol. The summed E-state index contributed by atoms with van der Waals surface area (Å²) in [4.78, 5) is 36.7. The van der Waals surface area contributed by atoms with Gasteiger partial charge >= 0.3 is 6.18 Å². The van der Waals surface area contributed by atoms with Crippen molar-refractivity contribution in [2.24, 2.45) is 11.3 Å². The van der Waals surface area contributed by atoms with E-state index in [1.54, 1.807) is 20.8 Å². The lowest BCUT2D eigenvalue weighted by molar-refractivity contribution is -0.136. The zero-order valence-corrected chi connectivity index (χ0v) is 20.0. The van der Waals surface area contributed by atoms with E-state index in [4.69, 9.17) is 0 Å². The number of carbonyl (C=O) groups is 3. The molecule has 2 aliphatic rings. The van der Waals surface area contributed by atoms with Crippen molar-refractivity contribution in [1.29, 1.82) is 5.26 Å². The normalized spacial score (nSPS) is 20.9. The number of hydrogen-bond donors (Lipinski definition) is 4. The molecule has 3 amide bonds. The molecule has 0 bridgehead atoms. The Morgan fingerprint density at radius 1 is 1.24 bits per heavy atom. The van der Waals surface area contributed by atoms with Crippen LogP contribution in [0.25, 0.3) is 0 Å². The first-order valence-electron chi connectivity index (χ1n) is 11.3. The lowest BCUT2D eigenvalue weighted by Crippen LogP contribution is -2.55. The summed E-state index contributed by atoms with van der Waals surface area (Å²) >= 11 is 0. The quantitative estimate of drug-likeness (QED) is 0.428. The first kappa shape index (κ1) is 28.7. The van der Waals surface area contributed by atoms with Gasteiger partial charge in [-0.3, -0.25) is 19.7 Å². The van der Waals surface area contributed by atoms with Crippen LogP contribution in [0.5, 0.6) is 0 Å². The highest BCUT2D eigenvalue weighted by molar-refractivity contribution is 5.88. The number of alkyl halides is 3. The summed E-state index contributed by atoms with van der Waals surface area (Å²) in [5, 5.41) is 19.3. The number of halogens is 3. The van der Waals surface area contributed by atoms with Crippen LogP contribution in [0.4, 0.5) is 13.2 Å². The predicted molar refractivity (Wildman–Crippen MR) is 117 cm³/mol. The fourth-order valence-corrected chi connectivity index (χ4v) is 4.06. The van der Waals surface area contributed by atoms with Crippen LogP contribution in [-0.2, 0) is 14.4 Å². The minimum Gasteiger partial charge on any atom is -0.350 e. The van der Waals surface area contributed by atoms with Crippen LogP contribution in [0, 0.1) is 22.7 Å². The van der Waals surface area contributed by atoms with Gasteiger partial charge in [0.15, 0.2) is 0 Å². The molecule has 1 saturated carbocycles. The van der Waals surface area contributed by atoms with Crippen LogP contribution >= 0.6 is 0 Å². The molecule has 3 unspecified atom stereocenters. The summed E-state index contributed by atoms with van der Waals surface area (Å²) in [6.45, 7) is 6.99. The van der Waals surface area contributed by atoms with Crippen LogP contribution in [-0.4, -0.2) is 54.6 Å². The maximum absolute atomic E-state index is 12.5. The van der Waals surface area contributed by atoms with Crippen molar-refractivity contribution in [1.82, 2.24) is 21.3 Å². The molecule has 3 atom stereocenters. The molecular formula is C22H36F3N5O3. The summed E-state index contributed by atoms with van der Waals surface area (Å²) in [6, 6.07) is -0.124. The first-order chi connectivity index (χ1) is 15.2. The Balaban J connectivity index is 0.00000265. The van der Waals surface area contributed by atoms with E-state index in [0.717, 1.165) is 19.3 Å². The van der Waals surface area contributed by atoms with Crippen molar-refractivity contribution >= 4 is 17.7 Å². The molecule has 1 spiro atoms. The second kappa shape index (κ2) is 11.7. The molecule has 1 saturated heterocycles. The molecule has 188 valence electrons. The molecule has 11 heteroatoms. The van der Waals surface area contributed by atoms with Gasteiger partial charge in [-0.15, -0.1) is 0 Å². The summed E-state index contributed by atoms with van der Waals surface area (Å²) in [5.74, 6) is -1.88. The Morgan fingerprint density at radius 2 is 1.85 bits per heavy atom. The third kappa shape index (κ3) is 8.84. The Labute approximate surface area is 193 Å². The Kier molecular flexibility index (Phi) is 10.2. The lowest BCUT2D eigenvalue weighted by atomic mass is 9.74. The maximum Gasteiger partial charge on any atom is 0.401 e. The summed E-state index contributed by atoms with van der Waals surface area (Å²) in [6.07, 6.45) is -0.787. The number of rotatable bonds is 8. The molecule has 0 radical (unpaired) electrons. The average molecular weight is 476 g/mol. The van der Waals surface area contributed by atoms with Gasteiger partial charge in [-0.05, 0) is 37.5 Å². The van der Waals surface area contributed by atoms with E-state index in [0.29, 0.717) is 6.42 Å². The molecule has 1 aliphatic heterocycles. The van der Waals surface area contributed by atoms with E-state index < -0.39 is 48.6 Å². The SMILES string of the molecule is CC.CC(C)(C)C(NCC(F)(F)F)C(=O)NCC(=O)NC(C#N)CC1CC2(CCC2)NC1=O. The van der Waals surface area contributed by atoms with E-state index in [-0.39, 0.29) is 23.8 Å². The van der Waals surface area contributed by atoms with Crippen molar-refractivity contribution in [3.63, 3.8) is 0 Å². The van der Waals surface area contributed by atoms with Crippen molar-refractivity contribution < 1.29 is 27.6 Å². The number of nitrogens with one attached hydrogen (secondary N) is 4. The molecular weight excluding hydrogens is 439 g/mol. The second-order valence-electron chi connectivity index (χ2n) is 9.52. The minimum absolute atomic E-state index is 0.119. The molecule has 1 aliphatic carbocycles. The molecule has 0 aromatic rings. The highest BCUT2D eigenvalue weighted by Crippen LogP contribution is 2.42. The first-order valence-corrected chi connectivity index (χ1v) is 11.3. The molecule has 2 fully saturated rings. The summed E-state index contributed by atoms with van der Waals surface area (Å²) in [5.41, 5.74) is -0.987. The third-order valence-electron chi connectivity index (χ3n) is 5.78. The van der Waals surface area contributed by atoms with Crippen LogP contribution in [0.1, 0.15) is 66.7 Å². The van der Waals surface area contributed by atoms with Crippen LogP contribution in [0.2, 0.25) is 0 Å². The second-order valence-corrected chi connectivity index (χ2v) is 9.52. The largest absolute Gasteiger partial charge is 0.401 e. The summed E-state index contributed by atoms with van der Waals surface area (Å²) < 4.78 is 37.5. The molecule has 33 heavy (non-hydrogen) atoms. The van der Waals surface area contributed by atoms with Crippen LogP contribution < -0.4 is 21.3 Å². The smallest absolute Gasteiger partial charge is 0.350 e. The summed E-state index contributed by atoms with van der Waals surface area (Å²) in [7, 11) is 0. The van der Waals surface area contributed by atoms with E-state index in [1.807, 2.05) is 19.9 Å². The van der Waals surface area contributed by atoms with Gasteiger partial charge in [0.25, 0.3) is 0 Å². The van der Waals surface area contributed by atoms with Gasteiger partial charge in [-0.25, -0.2) is 0 Å². The molecule has 8 nitrogen and oxygen atoms in total. The van der Waals surface area contributed by atoms with Gasteiger partial charge in [-0.2, -0.15) is 18.4 Å². The van der Waals surface area contributed by atoms with E-state index in [9.17, 15) is 32.8 Å². The number of amides is 3. The van der Waals surface area contributed by atoms with Gasteiger partial charge in [-0.1, -0.05) is 34.6 Å². The lowest BCUT2D eigenvalue weighted by Gasteiger charge is -2.38. The maximum atomic E-state index is 12.5.